The van der Waals surface area contributed by atoms with E-state index in [1.165, 1.54) is 21.6 Å². The van der Waals surface area contributed by atoms with Crippen LogP contribution in [0.1, 0.15) is 23.5 Å². The third kappa shape index (κ3) is 3.87. The van der Waals surface area contributed by atoms with Gasteiger partial charge in [0.25, 0.3) is 5.91 Å². The number of aromatic nitrogens is 5. The maximum atomic E-state index is 12.6. The van der Waals surface area contributed by atoms with Gasteiger partial charge in [-0.2, -0.15) is 9.40 Å². The standard InChI is InChI=1S/C15H23N7O4S/c1-4-20-10-13(7-16-20)27(24,25)21-8-12(9-21)22-11-14(17-18-22)15(23)19(2)5-6-26-3/h7,10-12H,4-6,8-9H2,1-3H3. The molecule has 3 heterocycles. The number of aryl methyl sites for hydroxylation is 1. The molecule has 1 aliphatic rings. The van der Waals surface area contributed by atoms with Gasteiger partial charge in [0.05, 0.1) is 25.0 Å². The number of methoxy groups -OCH3 is 1. The lowest BCUT2D eigenvalue weighted by Crippen LogP contribution is -2.50. The van der Waals surface area contributed by atoms with Crippen molar-refractivity contribution in [3.63, 3.8) is 0 Å². The van der Waals surface area contributed by atoms with Crippen LogP contribution in [0.2, 0.25) is 0 Å². The molecule has 0 unspecified atom stereocenters. The predicted molar refractivity (Wildman–Crippen MR) is 94.6 cm³/mol. The van der Waals surface area contributed by atoms with E-state index in [-0.39, 0.29) is 35.6 Å². The van der Waals surface area contributed by atoms with Crippen LogP contribution in [0.25, 0.3) is 0 Å². The largest absolute Gasteiger partial charge is 0.383 e. The van der Waals surface area contributed by atoms with Gasteiger partial charge in [-0.3, -0.25) is 9.48 Å². The third-order valence-electron chi connectivity index (χ3n) is 4.48. The van der Waals surface area contributed by atoms with Crippen molar-refractivity contribution in [2.75, 3.05) is 40.4 Å². The summed E-state index contributed by atoms with van der Waals surface area (Å²) in [7, 11) is -0.337. The van der Waals surface area contributed by atoms with Crippen molar-refractivity contribution >= 4 is 15.9 Å². The minimum absolute atomic E-state index is 0.153. The third-order valence-corrected chi connectivity index (χ3v) is 6.27. The number of carbonyl (C=O) groups is 1. The van der Waals surface area contributed by atoms with E-state index in [1.54, 1.807) is 29.7 Å². The van der Waals surface area contributed by atoms with Gasteiger partial charge in [0.2, 0.25) is 10.0 Å². The second-order valence-corrected chi connectivity index (χ2v) is 8.25. The molecule has 12 heteroatoms. The van der Waals surface area contributed by atoms with Crippen LogP contribution >= 0.6 is 0 Å². The molecular formula is C15H23N7O4S. The van der Waals surface area contributed by atoms with Gasteiger partial charge in [-0.15, -0.1) is 5.10 Å². The zero-order valence-corrected chi connectivity index (χ0v) is 16.3. The SMILES string of the molecule is CCn1cc(S(=O)(=O)N2CC(n3cc(C(=O)N(C)CCOC)nn3)C2)cn1. The first-order chi connectivity index (χ1) is 12.9. The Morgan fingerprint density at radius 3 is 2.74 bits per heavy atom. The summed E-state index contributed by atoms with van der Waals surface area (Å²) in [6, 6.07) is -0.153. The Balaban J connectivity index is 1.61. The minimum atomic E-state index is -3.57. The molecule has 0 saturated carbocycles. The molecule has 3 rings (SSSR count). The highest BCUT2D eigenvalue weighted by molar-refractivity contribution is 7.89. The molecule has 0 radical (unpaired) electrons. The Hall–Kier alpha value is -2.31. The van der Waals surface area contributed by atoms with Gasteiger partial charge in [-0.05, 0) is 6.92 Å². The van der Waals surface area contributed by atoms with Gasteiger partial charge >= 0.3 is 0 Å². The maximum absolute atomic E-state index is 12.6. The molecule has 11 nitrogen and oxygen atoms in total. The lowest BCUT2D eigenvalue weighted by Gasteiger charge is -2.37. The second kappa shape index (κ2) is 7.74. The minimum Gasteiger partial charge on any atom is -0.383 e. The Kier molecular flexibility index (Phi) is 5.58. The fourth-order valence-corrected chi connectivity index (χ4v) is 4.13. The van der Waals surface area contributed by atoms with Crippen molar-refractivity contribution < 1.29 is 17.9 Å². The quantitative estimate of drug-likeness (QED) is 0.587. The highest BCUT2D eigenvalue weighted by Gasteiger charge is 2.39. The summed E-state index contributed by atoms with van der Waals surface area (Å²) in [6.45, 7) is 3.92. The number of hydrogen-bond acceptors (Lipinski definition) is 7. The van der Waals surface area contributed by atoms with Crippen molar-refractivity contribution in [1.82, 2.24) is 34.0 Å². The first-order valence-corrected chi connectivity index (χ1v) is 9.99. The van der Waals surface area contributed by atoms with E-state index in [2.05, 4.69) is 15.4 Å². The first-order valence-electron chi connectivity index (χ1n) is 8.55. The first kappa shape index (κ1) is 19.5. The second-order valence-electron chi connectivity index (χ2n) is 6.31. The van der Waals surface area contributed by atoms with Crippen molar-refractivity contribution in [2.24, 2.45) is 0 Å². The number of amides is 1. The molecule has 1 fully saturated rings. The molecule has 1 saturated heterocycles. The summed E-state index contributed by atoms with van der Waals surface area (Å²) >= 11 is 0. The Labute approximate surface area is 157 Å². The molecule has 0 bridgehead atoms. The highest BCUT2D eigenvalue weighted by Crippen LogP contribution is 2.27. The smallest absolute Gasteiger partial charge is 0.275 e. The number of carbonyl (C=O) groups excluding carboxylic acids is 1. The summed E-state index contributed by atoms with van der Waals surface area (Å²) in [5.74, 6) is -0.255. The number of rotatable bonds is 8. The van der Waals surface area contributed by atoms with E-state index >= 15 is 0 Å². The van der Waals surface area contributed by atoms with E-state index in [0.717, 1.165) is 0 Å². The molecule has 0 atom stereocenters. The molecule has 0 aliphatic carbocycles. The van der Waals surface area contributed by atoms with Gasteiger partial charge in [0, 0.05) is 46.5 Å². The lowest BCUT2D eigenvalue weighted by molar-refractivity contribution is 0.0738. The summed E-state index contributed by atoms with van der Waals surface area (Å²) in [5.41, 5.74) is 0.221. The fraction of sp³-hybridized carbons (Fsp3) is 0.600. The van der Waals surface area contributed by atoms with E-state index in [1.807, 2.05) is 6.92 Å². The fourth-order valence-electron chi connectivity index (χ4n) is 2.66. The Bertz CT molecular complexity index is 901. The highest BCUT2D eigenvalue weighted by atomic mass is 32.2. The summed E-state index contributed by atoms with van der Waals surface area (Å²) in [6.07, 6.45) is 4.42. The average molecular weight is 397 g/mol. The van der Waals surface area contributed by atoms with E-state index < -0.39 is 10.0 Å². The molecule has 2 aromatic rings. The Morgan fingerprint density at radius 1 is 1.37 bits per heavy atom. The van der Waals surface area contributed by atoms with Crippen molar-refractivity contribution in [3.8, 4) is 0 Å². The van der Waals surface area contributed by atoms with Gasteiger partial charge in [-0.25, -0.2) is 13.1 Å². The van der Waals surface area contributed by atoms with Crippen LogP contribution in [-0.2, 0) is 21.3 Å². The molecular weight excluding hydrogens is 374 g/mol. The van der Waals surface area contributed by atoms with Crippen LogP contribution in [0.3, 0.4) is 0 Å². The molecule has 0 aromatic carbocycles. The van der Waals surface area contributed by atoms with E-state index in [9.17, 15) is 13.2 Å². The monoisotopic (exact) mass is 397 g/mol. The number of sulfonamides is 1. The van der Waals surface area contributed by atoms with Crippen LogP contribution in [0.15, 0.2) is 23.5 Å². The molecule has 1 amide bonds. The number of hydrogen-bond donors (Lipinski definition) is 0. The van der Waals surface area contributed by atoms with Gasteiger partial charge < -0.3 is 9.64 Å². The molecule has 2 aromatic heterocycles. The van der Waals surface area contributed by atoms with Crippen molar-refractivity contribution in [3.05, 3.63) is 24.3 Å². The van der Waals surface area contributed by atoms with Gasteiger partial charge in [0.15, 0.2) is 5.69 Å². The summed E-state index contributed by atoms with van der Waals surface area (Å²) in [4.78, 5) is 13.9. The number of nitrogens with zero attached hydrogens (tertiary/aromatic N) is 7. The molecule has 1 aliphatic heterocycles. The van der Waals surface area contributed by atoms with E-state index in [4.69, 9.17) is 4.74 Å². The summed E-state index contributed by atoms with van der Waals surface area (Å²) < 4.78 is 34.6. The predicted octanol–water partition coefficient (Wildman–Crippen LogP) is -0.541. The molecule has 148 valence electrons. The summed E-state index contributed by atoms with van der Waals surface area (Å²) in [5, 5.41) is 11.9. The zero-order valence-electron chi connectivity index (χ0n) is 15.5. The molecule has 27 heavy (non-hydrogen) atoms. The van der Waals surface area contributed by atoms with Gasteiger partial charge in [0.1, 0.15) is 4.90 Å². The Morgan fingerprint density at radius 2 is 2.11 bits per heavy atom. The maximum Gasteiger partial charge on any atom is 0.275 e. The van der Waals surface area contributed by atoms with Crippen LogP contribution in [-0.4, -0.2) is 88.7 Å². The van der Waals surface area contributed by atoms with Crippen LogP contribution in [0, 0.1) is 0 Å². The zero-order chi connectivity index (χ0) is 19.6. The normalized spacial score (nSPS) is 15.7. The topological polar surface area (TPSA) is 115 Å². The molecule has 0 N–H and O–H groups in total. The number of likely N-dealkylation sites (N-methyl/N-ethyl adjacent to an activating group) is 1. The lowest BCUT2D eigenvalue weighted by atomic mass is 10.2. The van der Waals surface area contributed by atoms with E-state index in [0.29, 0.717) is 19.7 Å². The molecule has 0 spiro atoms. The number of ether oxygens (including phenoxy) is 1. The van der Waals surface area contributed by atoms with Crippen molar-refractivity contribution in [2.45, 2.75) is 24.4 Å². The van der Waals surface area contributed by atoms with Gasteiger partial charge in [-0.1, -0.05) is 5.21 Å². The van der Waals surface area contributed by atoms with Crippen LogP contribution in [0.4, 0.5) is 0 Å². The van der Waals surface area contributed by atoms with Crippen molar-refractivity contribution in [1.29, 1.82) is 0 Å². The van der Waals surface area contributed by atoms with Crippen LogP contribution in [0.5, 0.6) is 0 Å². The average Bonchev–Trinajstić information content (AvgIpc) is 3.27. The van der Waals surface area contributed by atoms with Crippen LogP contribution < -0.4 is 0 Å².